The predicted octanol–water partition coefficient (Wildman–Crippen LogP) is 0.0714. The van der Waals surface area contributed by atoms with Crippen molar-refractivity contribution < 1.29 is 19.7 Å². The predicted molar refractivity (Wildman–Crippen MR) is 43.6 cm³/mol. The molecule has 4 heteroatoms. The topological polar surface area (TPSA) is 66.8 Å². The van der Waals surface area contributed by atoms with E-state index in [2.05, 4.69) is 0 Å². The average molecular weight is 176 g/mol. The van der Waals surface area contributed by atoms with Gasteiger partial charge in [-0.3, -0.25) is 0 Å². The van der Waals surface area contributed by atoms with E-state index in [0.29, 0.717) is 0 Å². The third-order valence-electron chi connectivity index (χ3n) is 1.12. The second-order valence-electron chi connectivity index (χ2n) is 3.18. The molecule has 0 spiro atoms. The first-order chi connectivity index (χ1) is 5.43. The maximum absolute atomic E-state index is 9.88. The molecule has 0 aromatic heterocycles. The minimum Gasteiger partial charge on any atom is -0.371 e. The van der Waals surface area contributed by atoms with Crippen LogP contribution in [0.4, 0.5) is 0 Å². The summed E-state index contributed by atoms with van der Waals surface area (Å²) in [4.78, 5) is 9.88. The lowest BCUT2D eigenvalue weighted by molar-refractivity contribution is -0.127. The standard InChI is InChI=1S/C5H8O2.C3H8O2/c6-4-5-2-1-3-7-5;1-3(2,4)5/h4-5H,1-3H2;4-5H,1-2H3. The SMILES string of the molecule is CC(C)(O)O.O=CC1CCCO1. The lowest BCUT2D eigenvalue weighted by Crippen LogP contribution is -2.15. The number of aldehydes is 1. The molecule has 1 atom stereocenters. The van der Waals surface area contributed by atoms with Gasteiger partial charge in [0.05, 0.1) is 0 Å². The van der Waals surface area contributed by atoms with E-state index < -0.39 is 5.79 Å². The molecule has 1 aliphatic heterocycles. The van der Waals surface area contributed by atoms with E-state index in [1.807, 2.05) is 0 Å². The number of hydrogen-bond donors (Lipinski definition) is 2. The summed E-state index contributed by atoms with van der Waals surface area (Å²) in [5.74, 6) is -1.50. The van der Waals surface area contributed by atoms with Gasteiger partial charge in [-0.15, -0.1) is 0 Å². The normalized spacial score (nSPS) is 22.8. The molecule has 0 saturated carbocycles. The summed E-state index contributed by atoms with van der Waals surface area (Å²) >= 11 is 0. The van der Waals surface area contributed by atoms with Crippen LogP contribution in [0.3, 0.4) is 0 Å². The van der Waals surface area contributed by atoms with Gasteiger partial charge in [0.15, 0.2) is 5.79 Å². The van der Waals surface area contributed by atoms with E-state index >= 15 is 0 Å². The number of rotatable bonds is 1. The Morgan fingerprint density at radius 3 is 2.17 bits per heavy atom. The van der Waals surface area contributed by atoms with Crippen LogP contribution < -0.4 is 0 Å². The van der Waals surface area contributed by atoms with Crippen molar-refractivity contribution >= 4 is 6.29 Å². The van der Waals surface area contributed by atoms with Crippen molar-refractivity contribution in [2.75, 3.05) is 6.61 Å². The van der Waals surface area contributed by atoms with E-state index in [1.165, 1.54) is 13.8 Å². The number of carbonyl (C=O) groups is 1. The highest BCUT2D eigenvalue weighted by atomic mass is 16.5. The molecule has 1 heterocycles. The summed E-state index contributed by atoms with van der Waals surface area (Å²) < 4.78 is 4.93. The third kappa shape index (κ3) is 9.55. The van der Waals surface area contributed by atoms with E-state index in [9.17, 15) is 4.79 Å². The lowest BCUT2D eigenvalue weighted by atomic mass is 10.3. The number of hydrogen-bond acceptors (Lipinski definition) is 4. The van der Waals surface area contributed by atoms with Gasteiger partial charge in [-0.25, -0.2) is 0 Å². The molecule has 0 amide bonds. The molecule has 0 bridgehead atoms. The van der Waals surface area contributed by atoms with Gasteiger partial charge in [0.1, 0.15) is 12.4 Å². The van der Waals surface area contributed by atoms with E-state index in [4.69, 9.17) is 14.9 Å². The highest BCUT2D eigenvalue weighted by molar-refractivity contribution is 5.56. The third-order valence-corrected chi connectivity index (χ3v) is 1.12. The first kappa shape index (κ1) is 11.6. The van der Waals surface area contributed by atoms with Gasteiger partial charge in [-0.1, -0.05) is 0 Å². The van der Waals surface area contributed by atoms with Gasteiger partial charge < -0.3 is 19.7 Å². The molecule has 0 radical (unpaired) electrons. The van der Waals surface area contributed by atoms with Crippen molar-refractivity contribution in [3.8, 4) is 0 Å². The van der Waals surface area contributed by atoms with Crippen LogP contribution in [-0.2, 0) is 9.53 Å². The Balaban J connectivity index is 0.000000217. The molecule has 12 heavy (non-hydrogen) atoms. The van der Waals surface area contributed by atoms with Crippen LogP contribution in [0.5, 0.6) is 0 Å². The van der Waals surface area contributed by atoms with Gasteiger partial charge in [-0.2, -0.15) is 0 Å². The van der Waals surface area contributed by atoms with Gasteiger partial charge in [0.25, 0.3) is 0 Å². The summed E-state index contributed by atoms with van der Waals surface area (Å²) in [6.07, 6.45) is 2.75. The van der Waals surface area contributed by atoms with Crippen molar-refractivity contribution in [1.82, 2.24) is 0 Å². The first-order valence-corrected chi connectivity index (χ1v) is 3.95. The molecule has 0 aromatic carbocycles. The molecule has 0 aromatic rings. The monoisotopic (exact) mass is 176 g/mol. The lowest BCUT2D eigenvalue weighted by Gasteiger charge is -2.03. The molecular formula is C8H16O4. The van der Waals surface area contributed by atoms with Gasteiger partial charge >= 0.3 is 0 Å². The summed E-state index contributed by atoms with van der Waals surface area (Å²) in [5, 5.41) is 16.2. The Hall–Kier alpha value is -0.450. The molecule has 1 saturated heterocycles. The minimum absolute atomic E-state index is 0.0833. The molecule has 0 aliphatic carbocycles. The van der Waals surface area contributed by atoms with E-state index in [1.54, 1.807) is 0 Å². The molecule has 2 N–H and O–H groups in total. The molecule has 1 rings (SSSR count). The summed E-state index contributed by atoms with van der Waals surface area (Å²) in [7, 11) is 0. The fraction of sp³-hybridized carbons (Fsp3) is 0.875. The Morgan fingerprint density at radius 1 is 1.50 bits per heavy atom. The second kappa shape index (κ2) is 5.24. The molecule has 4 nitrogen and oxygen atoms in total. The Bertz CT molecular complexity index is 116. The van der Waals surface area contributed by atoms with Crippen LogP contribution in [0.2, 0.25) is 0 Å². The Labute approximate surface area is 72.2 Å². The number of ether oxygens (including phenoxy) is 1. The molecule has 1 fully saturated rings. The number of aliphatic hydroxyl groups is 2. The Kier molecular flexibility index (Phi) is 5.04. The minimum atomic E-state index is -1.50. The molecule has 1 aliphatic rings. The van der Waals surface area contributed by atoms with Crippen molar-refractivity contribution in [2.24, 2.45) is 0 Å². The smallest absolute Gasteiger partial charge is 0.156 e. The molecular weight excluding hydrogens is 160 g/mol. The van der Waals surface area contributed by atoms with Crippen LogP contribution in [0.1, 0.15) is 26.7 Å². The van der Waals surface area contributed by atoms with Crippen LogP contribution in [0, 0.1) is 0 Å². The van der Waals surface area contributed by atoms with Gasteiger partial charge in [0.2, 0.25) is 0 Å². The summed E-state index contributed by atoms with van der Waals surface area (Å²) in [5.41, 5.74) is 0. The average Bonchev–Trinajstić information content (AvgIpc) is 2.33. The largest absolute Gasteiger partial charge is 0.371 e. The highest BCUT2D eigenvalue weighted by Crippen LogP contribution is 2.08. The van der Waals surface area contributed by atoms with Gasteiger partial charge in [0, 0.05) is 6.61 Å². The zero-order valence-corrected chi connectivity index (χ0v) is 7.49. The van der Waals surface area contributed by atoms with Crippen molar-refractivity contribution in [3.63, 3.8) is 0 Å². The molecule has 1 unspecified atom stereocenters. The number of carbonyl (C=O) groups excluding carboxylic acids is 1. The van der Waals surface area contributed by atoms with Crippen molar-refractivity contribution in [3.05, 3.63) is 0 Å². The van der Waals surface area contributed by atoms with E-state index in [0.717, 1.165) is 25.7 Å². The zero-order valence-electron chi connectivity index (χ0n) is 7.49. The quantitative estimate of drug-likeness (QED) is 0.438. The highest BCUT2D eigenvalue weighted by Gasteiger charge is 2.12. The zero-order chi connectivity index (χ0) is 9.61. The van der Waals surface area contributed by atoms with E-state index in [-0.39, 0.29) is 6.10 Å². The maximum Gasteiger partial charge on any atom is 0.156 e. The van der Waals surface area contributed by atoms with Crippen LogP contribution in [0.15, 0.2) is 0 Å². The second-order valence-corrected chi connectivity index (χ2v) is 3.18. The maximum atomic E-state index is 9.88. The fourth-order valence-corrected chi connectivity index (χ4v) is 0.710. The van der Waals surface area contributed by atoms with Crippen LogP contribution >= 0.6 is 0 Å². The van der Waals surface area contributed by atoms with Crippen LogP contribution in [-0.4, -0.2) is 35.0 Å². The first-order valence-electron chi connectivity index (χ1n) is 3.95. The Morgan fingerprint density at radius 2 is 2.00 bits per heavy atom. The van der Waals surface area contributed by atoms with Crippen molar-refractivity contribution in [1.29, 1.82) is 0 Å². The summed E-state index contributed by atoms with van der Waals surface area (Å²) in [6, 6.07) is 0. The fourth-order valence-electron chi connectivity index (χ4n) is 0.710. The van der Waals surface area contributed by atoms with Crippen LogP contribution in [0.25, 0.3) is 0 Å². The molecule has 72 valence electrons. The van der Waals surface area contributed by atoms with Crippen molar-refractivity contribution in [2.45, 2.75) is 38.6 Å². The van der Waals surface area contributed by atoms with Gasteiger partial charge in [-0.05, 0) is 26.7 Å². The summed E-state index contributed by atoms with van der Waals surface area (Å²) in [6.45, 7) is 3.36.